The Bertz CT molecular complexity index is 499. The van der Waals surface area contributed by atoms with Crippen LogP contribution in [0.15, 0.2) is 19.7 Å². The molecule has 0 bridgehead atoms. The molecule has 0 radical (unpaired) electrons. The standard InChI is InChI=1S/C10H6Br2Cl2S2/c1-4-2-6(15-10(4)14)8(13)5-3-7(11)16-9(5)12/h2-3,8H,1H3. The molecule has 0 aliphatic rings. The van der Waals surface area contributed by atoms with Crippen LogP contribution in [0, 0.1) is 6.92 Å². The molecule has 1 unspecified atom stereocenters. The van der Waals surface area contributed by atoms with E-state index >= 15 is 0 Å². The monoisotopic (exact) mass is 418 g/mol. The molecule has 0 spiro atoms. The maximum absolute atomic E-state index is 6.44. The van der Waals surface area contributed by atoms with Gasteiger partial charge in [-0.2, -0.15) is 0 Å². The van der Waals surface area contributed by atoms with E-state index in [0.29, 0.717) is 0 Å². The summed E-state index contributed by atoms with van der Waals surface area (Å²) in [4.78, 5) is 1.08. The molecule has 0 fully saturated rings. The Morgan fingerprint density at radius 3 is 2.38 bits per heavy atom. The van der Waals surface area contributed by atoms with Crippen molar-refractivity contribution in [1.29, 1.82) is 0 Å². The molecule has 6 heteroatoms. The highest BCUT2D eigenvalue weighted by Gasteiger charge is 2.19. The molecule has 0 saturated carbocycles. The van der Waals surface area contributed by atoms with Gasteiger partial charge < -0.3 is 0 Å². The van der Waals surface area contributed by atoms with Gasteiger partial charge in [-0.25, -0.2) is 0 Å². The van der Waals surface area contributed by atoms with Gasteiger partial charge in [-0.05, 0) is 56.5 Å². The van der Waals surface area contributed by atoms with Gasteiger partial charge in [-0.15, -0.1) is 34.3 Å². The molecule has 0 aromatic carbocycles. The van der Waals surface area contributed by atoms with E-state index in [2.05, 4.69) is 31.9 Å². The van der Waals surface area contributed by atoms with Gasteiger partial charge in [-0.3, -0.25) is 0 Å². The van der Waals surface area contributed by atoms with Crippen LogP contribution in [0.5, 0.6) is 0 Å². The van der Waals surface area contributed by atoms with Crippen LogP contribution in [0.4, 0.5) is 0 Å². The molecule has 2 aromatic rings. The van der Waals surface area contributed by atoms with Crippen molar-refractivity contribution in [2.24, 2.45) is 0 Å². The highest BCUT2D eigenvalue weighted by atomic mass is 79.9. The van der Waals surface area contributed by atoms with Crippen LogP contribution in [0.25, 0.3) is 0 Å². The van der Waals surface area contributed by atoms with Crippen molar-refractivity contribution in [2.45, 2.75) is 12.3 Å². The predicted molar refractivity (Wildman–Crippen MR) is 81.5 cm³/mol. The second-order valence-electron chi connectivity index (χ2n) is 3.25. The molecular formula is C10H6Br2Cl2S2. The van der Waals surface area contributed by atoms with Crippen molar-refractivity contribution in [1.82, 2.24) is 0 Å². The maximum Gasteiger partial charge on any atom is 0.0960 e. The summed E-state index contributed by atoms with van der Waals surface area (Å²) < 4.78 is 2.94. The number of alkyl halides is 1. The third-order valence-electron chi connectivity index (χ3n) is 2.08. The van der Waals surface area contributed by atoms with Crippen LogP contribution in [0.2, 0.25) is 4.34 Å². The third-order valence-corrected chi connectivity index (χ3v) is 6.69. The molecule has 0 aliphatic heterocycles. The van der Waals surface area contributed by atoms with Gasteiger partial charge in [0.15, 0.2) is 0 Å². The Balaban J connectivity index is 2.38. The first-order chi connectivity index (χ1) is 7.49. The van der Waals surface area contributed by atoms with Crippen molar-refractivity contribution < 1.29 is 0 Å². The van der Waals surface area contributed by atoms with Gasteiger partial charge in [0, 0.05) is 10.4 Å². The lowest BCUT2D eigenvalue weighted by Crippen LogP contribution is -1.87. The molecule has 2 aromatic heterocycles. The lowest BCUT2D eigenvalue weighted by Gasteiger charge is -2.05. The number of thiophene rings is 2. The molecule has 2 heterocycles. The average molecular weight is 421 g/mol. The Hall–Kier alpha value is 0.940. The van der Waals surface area contributed by atoms with Crippen LogP contribution in [-0.4, -0.2) is 0 Å². The SMILES string of the molecule is Cc1cc(C(Cl)c2cc(Br)sc2Br)sc1Cl. The molecule has 0 N–H and O–H groups in total. The highest BCUT2D eigenvalue weighted by Crippen LogP contribution is 2.44. The van der Waals surface area contributed by atoms with E-state index in [4.69, 9.17) is 23.2 Å². The van der Waals surface area contributed by atoms with E-state index in [0.717, 1.165) is 27.9 Å². The van der Waals surface area contributed by atoms with Gasteiger partial charge in [-0.1, -0.05) is 11.6 Å². The molecule has 1 atom stereocenters. The Kier molecular flexibility index (Phi) is 4.42. The summed E-state index contributed by atoms with van der Waals surface area (Å²) in [6.45, 7) is 1.99. The van der Waals surface area contributed by atoms with Crippen LogP contribution in [0.3, 0.4) is 0 Å². The molecule has 0 amide bonds. The lowest BCUT2D eigenvalue weighted by molar-refractivity contribution is 1.19. The zero-order chi connectivity index (χ0) is 11.9. The molecule has 16 heavy (non-hydrogen) atoms. The normalized spacial score (nSPS) is 13.1. The first kappa shape index (κ1) is 13.4. The summed E-state index contributed by atoms with van der Waals surface area (Å²) in [7, 11) is 0. The van der Waals surface area contributed by atoms with Gasteiger partial charge in [0.05, 0.1) is 17.3 Å². The van der Waals surface area contributed by atoms with E-state index in [9.17, 15) is 0 Å². The third kappa shape index (κ3) is 2.68. The minimum Gasteiger partial charge on any atom is -0.126 e. The second kappa shape index (κ2) is 5.29. The van der Waals surface area contributed by atoms with Gasteiger partial charge in [0.2, 0.25) is 0 Å². The average Bonchev–Trinajstić information content (AvgIpc) is 2.70. The molecule has 0 nitrogen and oxygen atoms in total. The number of aryl methyl sites for hydroxylation is 1. The fraction of sp³-hybridized carbons (Fsp3) is 0.200. The minimum atomic E-state index is -0.145. The summed E-state index contributed by atoms with van der Waals surface area (Å²) in [5, 5.41) is -0.145. The van der Waals surface area contributed by atoms with Crippen LogP contribution < -0.4 is 0 Å². The van der Waals surface area contributed by atoms with Gasteiger partial charge in [0.25, 0.3) is 0 Å². The van der Waals surface area contributed by atoms with Crippen molar-refractivity contribution in [3.63, 3.8) is 0 Å². The van der Waals surface area contributed by atoms with Crippen LogP contribution >= 0.6 is 77.7 Å². The minimum absolute atomic E-state index is 0.145. The Labute approximate surface area is 129 Å². The van der Waals surface area contributed by atoms with Crippen molar-refractivity contribution in [3.8, 4) is 0 Å². The first-order valence-electron chi connectivity index (χ1n) is 4.33. The topological polar surface area (TPSA) is 0 Å². The largest absolute Gasteiger partial charge is 0.126 e. The molecule has 0 aliphatic carbocycles. The molecule has 86 valence electrons. The molecule has 2 rings (SSSR count). The zero-order valence-electron chi connectivity index (χ0n) is 8.06. The zero-order valence-corrected chi connectivity index (χ0v) is 14.4. The predicted octanol–water partition coefficient (Wildman–Crippen LogP) is 6.62. The highest BCUT2D eigenvalue weighted by molar-refractivity contribution is 9.12. The number of hydrogen-bond donors (Lipinski definition) is 0. The summed E-state index contributed by atoms with van der Waals surface area (Å²) in [5.74, 6) is 0. The van der Waals surface area contributed by atoms with Crippen LogP contribution in [0.1, 0.15) is 21.4 Å². The first-order valence-corrected chi connectivity index (χ1v) is 8.37. The number of rotatable bonds is 2. The fourth-order valence-corrected chi connectivity index (χ4v) is 5.97. The summed E-state index contributed by atoms with van der Waals surface area (Å²) >= 11 is 22.6. The lowest BCUT2D eigenvalue weighted by atomic mass is 10.2. The Morgan fingerprint density at radius 2 is 1.94 bits per heavy atom. The number of halogens is 4. The van der Waals surface area contributed by atoms with E-state index in [1.54, 1.807) is 11.3 Å². The van der Waals surface area contributed by atoms with E-state index in [1.165, 1.54) is 11.3 Å². The molecular weight excluding hydrogens is 415 g/mol. The number of hydrogen-bond acceptors (Lipinski definition) is 2. The van der Waals surface area contributed by atoms with E-state index in [1.807, 2.05) is 19.1 Å². The smallest absolute Gasteiger partial charge is 0.0960 e. The van der Waals surface area contributed by atoms with E-state index < -0.39 is 0 Å². The maximum atomic E-state index is 6.44. The summed E-state index contributed by atoms with van der Waals surface area (Å²) in [5.41, 5.74) is 2.16. The molecule has 0 saturated heterocycles. The summed E-state index contributed by atoms with van der Waals surface area (Å²) in [6.07, 6.45) is 0. The summed E-state index contributed by atoms with van der Waals surface area (Å²) in [6, 6.07) is 4.08. The Morgan fingerprint density at radius 1 is 1.25 bits per heavy atom. The van der Waals surface area contributed by atoms with Crippen molar-refractivity contribution >= 4 is 77.7 Å². The van der Waals surface area contributed by atoms with Gasteiger partial charge >= 0.3 is 0 Å². The van der Waals surface area contributed by atoms with Crippen molar-refractivity contribution in [2.75, 3.05) is 0 Å². The van der Waals surface area contributed by atoms with Crippen LogP contribution in [-0.2, 0) is 0 Å². The van der Waals surface area contributed by atoms with Gasteiger partial charge in [0.1, 0.15) is 0 Å². The second-order valence-corrected chi connectivity index (χ2v) is 9.12. The van der Waals surface area contributed by atoms with E-state index in [-0.39, 0.29) is 5.38 Å². The quantitative estimate of drug-likeness (QED) is 0.478. The fourth-order valence-electron chi connectivity index (χ4n) is 1.29. The van der Waals surface area contributed by atoms with Crippen molar-refractivity contribution in [3.05, 3.63) is 40.0 Å².